The van der Waals surface area contributed by atoms with E-state index in [-0.39, 0.29) is 10.9 Å². The van der Waals surface area contributed by atoms with Gasteiger partial charge >= 0.3 is 0 Å². The zero-order valence-electron chi connectivity index (χ0n) is 10.8. The van der Waals surface area contributed by atoms with Crippen molar-refractivity contribution < 1.29 is 4.74 Å². The molecule has 3 rings (SSSR count). The lowest BCUT2D eigenvalue weighted by atomic mass is 9.94. The first-order valence-electron chi connectivity index (χ1n) is 6.61. The molecule has 1 fully saturated rings. The van der Waals surface area contributed by atoms with Crippen LogP contribution < -0.4 is 0 Å². The average molecular weight is 340 g/mol. The highest BCUT2D eigenvalue weighted by atomic mass is 79.9. The van der Waals surface area contributed by atoms with Crippen LogP contribution in [0.1, 0.15) is 23.7 Å². The Morgan fingerprint density at radius 1 is 1.21 bits per heavy atom. The minimum Gasteiger partial charge on any atom is -0.376 e. The van der Waals surface area contributed by atoms with Crippen molar-refractivity contribution >= 4 is 38.3 Å². The van der Waals surface area contributed by atoms with Gasteiger partial charge in [-0.25, -0.2) is 0 Å². The summed E-state index contributed by atoms with van der Waals surface area (Å²) in [7, 11) is 0. The van der Waals surface area contributed by atoms with Crippen molar-refractivity contribution in [2.24, 2.45) is 5.92 Å². The second kappa shape index (κ2) is 5.43. The zero-order chi connectivity index (χ0) is 13.4. The van der Waals surface area contributed by atoms with E-state index in [9.17, 15) is 0 Å². The lowest BCUT2D eigenvalue weighted by Crippen LogP contribution is -2.19. The Morgan fingerprint density at radius 2 is 1.95 bits per heavy atom. The van der Waals surface area contributed by atoms with Crippen LogP contribution in [0.5, 0.6) is 0 Å². The number of ether oxygens (including phenoxy) is 1. The van der Waals surface area contributed by atoms with Gasteiger partial charge < -0.3 is 4.74 Å². The number of fused-ring (bicyclic) bond motifs is 1. The Morgan fingerprint density at radius 3 is 2.63 bits per heavy atom. The van der Waals surface area contributed by atoms with Gasteiger partial charge in [0.25, 0.3) is 0 Å². The van der Waals surface area contributed by atoms with Crippen molar-refractivity contribution in [3.8, 4) is 0 Å². The van der Waals surface area contributed by atoms with Crippen LogP contribution in [0, 0.1) is 5.92 Å². The summed E-state index contributed by atoms with van der Waals surface area (Å²) in [6.45, 7) is 3.11. The fourth-order valence-electron chi connectivity index (χ4n) is 2.79. The second-order valence-corrected chi connectivity index (χ2v) is 6.58. The van der Waals surface area contributed by atoms with E-state index in [0.717, 1.165) is 23.4 Å². The smallest absolute Gasteiger partial charge is 0.0767 e. The van der Waals surface area contributed by atoms with Crippen molar-refractivity contribution in [3.05, 3.63) is 47.0 Å². The molecule has 0 aliphatic carbocycles. The summed E-state index contributed by atoms with van der Waals surface area (Å²) < 4.78 is 5.88. The summed E-state index contributed by atoms with van der Waals surface area (Å²) in [5.74, 6) is 0.582. The average Bonchev–Trinajstić information content (AvgIpc) is 2.85. The molecule has 2 aromatic carbocycles. The normalized spacial score (nSPS) is 24.8. The van der Waals surface area contributed by atoms with Gasteiger partial charge in [0, 0.05) is 17.0 Å². The molecule has 3 unspecified atom stereocenters. The van der Waals surface area contributed by atoms with E-state index in [1.54, 1.807) is 0 Å². The van der Waals surface area contributed by atoms with E-state index in [1.807, 2.05) is 12.1 Å². The summed E-state index contributed by atoms with van der Waals surface area (Å²) in [6, 6.07) is 12.4. The topological polar surface area (TPSA) is 9.23 Å². The first-order chi connectivity index (χ1) is 9.18. The third-order valence-electron chi connectivity index (χ3n) is 3.93. The van der Waals surface area contributed by atoms with E-state index >= 15 is 0 Å². The number of hydrogen-bond acceptors (Lipinski definition) is 1. The number of halogens is 2. The summed E-state index contributed by atoms with van der Waals surface area (Å²) in [4.78, 5) is 0.215. The molecule has 3 heteroatoms. The van der Waals surface area contributed by atoms with Crippen LogP contribution in [0.3, 0.4) is 0 Å². The molecule has 1 saturated heterocycles. The molecule has 0 amide bonds. The molecular formula is C16H16BrClO. The monoisotopic (exact) mass is 338 g/mol. The van der Waals surface area contributed by atoms with Crippen LogP contribution in [-0.2, 0) is 4.74 Å². The van der Waals surface area contributed by atoms with Crippen LogP contribution >= 0.6 is 27.5 Å². The Kier molecular flexibility index (Phi) is 3.84. The SMILES string of the molecule is CC1CCOC1C(Br)c1ccc(Cl)c2ccccc12. The number of hydrogen-bond donors (Lipinski definition) is 0. The molecule has 2 aromatic rings. The molecule has 1 aliphatic heterocycles. The van der Waals surface area contributed by atoms with Crippen LogP contribution in [-0.4, -0.2) is 12.7 Å². The van der Waals surface area contributed by atoms with Crippen molar-refractivity contribution in [1.29, 1.82) is 0 Å². The third kappa shape index (κ3) is 2.42. The van der Waals surface area contributed by atoms with Crippen molar-refractivity contribution in [2.75, 3.05) is 6.61 Å². The fourth-order valence-corrected chi connectivity index (χ4v) is 4.10. The Balaban J connectivity index is 2.07. The van der Waals surface area contributed by atoms with Gasteiger partial charge in [-0.1, -0.05) is 64.8 Å². The zero-order valence-corrected chi connectivity index (χ0v) is 13.1. The van der Waals surface area contributed by atoms with Crippen LogP contribution in [0.15, 0.2) is 36.4 Å². The van der Waals surface area contributed by atoms with Crippen molar-refractivity contribution in [2.45, 2.75) is 24.3 Å². The number of alkyl halides is 1. The van der Waals surface area contributed by atoms with E-state index in [2.05, 4.69) is 47.1 Å². The molecule has 100 valence electrons. The molecule has 0 saturated carbocycles. The van der Waals surface area contributed by atoms with Gasteiger partial charge in [-0.2, -0.15) is 0 Å². The lowest BCUT2D eigenvalue weighted by Gasteiger charge is -2.23. The highest BCUT2D eigenvalue weighted by molar-refractivity contribution is 9.09. The molecule has 19 heavy (non-hydrogen) atoms. The standard InChI is InChI=1S/C16H16BrClO/c1-10-8-9-19-16(10)15(17)13-6-7-14(18)12-5-3-2-4-11(12)13/h2-7,10,15-16H,8-9H2,1H3. The van der Waals surface area contributed by atoms with Gasteiger partial charge in [-0.3, -0.25) is 0 Å². The van der Waals surface area contributed by atoms with Gasteiger partial charge in [-0.15, -0.1) is 0 Å². The summed E-state index contributed by atoms with van der Waals surface area (Å²) >= 11 is 10.1. The van der Waals surface area contributed by atoms with E-state index in [1.165, 1.54) is 10.9 Å². The molecule has 0 aromatic heterocycles. The molecule has 1 nitrogen and oxygen atoms in total. The van der Waals surface area contributed by atoms with Crippen LogP contribution in [0.25, 0.3) is 10.8 Å². The molecule has 1 aliphatic rings. The van der Waals surface area contributed by atoms with Crippen molar-refractivity contribution in [1.82, 2.24) is 0 Å². The first kappa shape index (κ1) is 13.4. The quantitative estimate of drug-likeness (QED) is 0.670. The maximum Gasteiger partial charge on any atom is 0.0767 e. The Hall–Kier alpha value is -0.570. The minimum absolute atomic E-state index is 0.215. The summed E-state index contributed by atoms with van der Waals surface area (Å²) in [6.07, 6.45) is 1.38. The van der Waals surface area contributed by atoms with Gasteiger partial charge in [0.15, 0.2) is 0 Å². The largest absolute Gasteiger partial charge is 0.376 e. The summed E-state index contributed by atoms with van der Waals surface area (Å²) in [5, 5.41) is 3.12. The van der Waals surface area contributed by atoms with Gasteiger partial charge in [0.05, 0.1) is 10.9 Å². The third-order valence-corrected chi connectivity index (χ3v) is 5.28. The number of benzene rings is 2. The summed E-state index contributed by atoms with van der Waals surface area (Å²) in [5.41, 5.74) is 1.26. The molecule has 0 N–H and O–H groups in total. The highest BCUT2D eigenvalue weighted by Gasteiger charge is 2.32. The molecular weight excluding hydrogens is 324 g/mol. The molecule has 0 bridgehead atoms. The fraction of sp³-hybridized carbons (Fsp3) is 0.375. The van der Waals surface area contributed by atoms with E-state index in [0.29, 0.717) is 5.92 Å². The predicted octanol–water partition coefficient (Wildman–Crippen LogP) is 5.35. The van der Waals surface area contributed by atoms with Gasteiger partial charge in [0.1, 0.15) is 0 Å². The van der Waals surface area contributed by atoms with Crippen LogP contribution in [0.2, 0.25) is 5.02 Å². The minimum atomic E-state index is 0.215. The van der Waals surface area contributed by atoms with E-state index < -0.39 is 0 Å². The molecule has 0 spiro atoms. The Bertz CT molecular complexity index is 598. The van der Waals surface area contributed by atoms with E-state index in [4.69, 9.17) is 16.3 Å². The first-order valence-corrected chi connectivity index (χ1v) is 7.90. The highest BCUT2D eigenvalue weighted by Crippen LogP contribution is 2.41. The predicted molar refractivity (Wildman–Crippen MR) is 84.1 cm³/mol. The molecule has 3 atom stereocenters. The maximum atomic E-state index is 6.28. The van der Waals surface area contributed by atoms with Crippen molar-refractivity contribution in [3.63, 3.8) is 0 Å². The molecule has 0 radical (unpaired) electrons. The number of rotatable bonds is 2. The Labute approximate surface area is 127 Å². The van der Waals surface area contributed by atoms with Gasteiger partial charge in [-0.05, 0) is 29.4 Å². The lowest BCUT2D eigenvalue weighted by molar-refractivity contribution is 0.0937. The van der Waals surface area contributed by atoms with Crippen LogP contribution in [0.4, 0.5) is 0 Å². The van der Waals surface area contributed by atoms with Gasteiger partial charge in [0.2, 0.25) is 0 Å². The molecule has 1 heterocycles. The maximum absolute atomic E-state index is 6.28. The second-order valence-electron chi connectivity index (χ2n) is 5.19.